The number of halogens is 1. The molecular formula is C16H12INO4S. The Balaban J connectivity index is 2.26. The molecule has 0 spiro atoms. The summed E-state index contributed by atoms with van der Waals surface area (Å²) in [5, 5.41) is 0.639. The minimum atomic E-state index is -3.80. The number of hydrogen-bond acceptors (Lipinski definition) is 4. The third-order valence-electron chi connectivity index (χ3n) is 3.52. The maximum Gasteiger partial charge on any atom is 0.268 e. The van der Waals surface area contributed by atoms with Gasteiger partial charge in [0.15, 0.2) is 6.29 Å². The van der Waals surface area contributed by atoms with Gasteiger partial charge >= 0.3 is 0 Å². The van der Waals surface area contributed by atoms with E-state index in [4.69, 9.17) is 4.74 Å². The highest BCUT2D eigenvalue weighted by molar-refractivity contribution is 14.1. The Bertz CT molecular complexity index is 991. The van der Waals surface area contributed by atoms with Crippen LogP contribution >= 0.6 is 22.6 Å². The van der Waals surface area contributed by atoms with Gasteiger partial charge in [-0.1, -0.05) is 6.07 Å². The van der Waals surface area contributed by atoms with Crippen LogP contribution in [-0.4, -0.2) is 25.8 Å². The number of methoxy groups -OCH3 is 1. The normalized spacial score (nSPS) is 11.6. The molecule has 3 rings (SSSR count). The molecule has 1 heterocycles. The Morgan fingerprint density at radius 2 is 1.83 bits per heavy atom. The van der Waals surface area contributed by atoms with Gasteiger partial charge in [-0.2, -0.15) is 0 Å². The van der Waals surface area contributed by atoms with Gasteiger partial charge in [-0.05, 0) is 59.0 Å². The molecule has 23 heavy (non-hydrogen) atoms. The number of nitrogens with zero attached hydrogens (tertiary/aromatic N) is 1. The van der Waals surface area contributed by atoms with Gasteiger partial charge in [-0.15, -0.1) is 0 Å². The minimum absolute atomic E-state index is 0.131. The Morgan fingerprint density at radius 1 is 1.13 bits per heavy atom. The van der Waals surface area contributed by atoms with Gasteiger partial charge in [0, 0.05) is 20.7 Å². The van der Waals surface area contributed by atoms with Crippen LogP contribution in [0.4, 0.5) is 0 Å². The number of ether oxygens (including phenoxy) is 1. The first kappa shape index (κ1) is 16.0. The Labute approximate surface area is 147 Å². The molecule has 0 aliphatic rings. The largest absolute Gasteiger partial charge is 0.497 e. The molecule has 7 heteroatoms. The second-order valence-electron chi connectivity index (χ2n) is 4.81. The molecule has 0 unspecified atom stereocenters. The molecular weight excluding hydrogens is 429 g/mol. The molecule has 0 amide bonds. The van der Waals surface area contributed by atoms with Gasteiger partial charge in [-0.25, -0.2) is 12.4 Å². The fourth-order valence-corrected chi connectivity index (χ4v) is 4.56. The van der Waals surface area contributed by atoms with Gasteiger partial charge in [0.05, 0.1) is 17.5 Å². The summed E-state index contributed by atoms with van der Waals surface area (Å²) in [5.74, 6) is 0.574. The summed E-state index contributed by atoms with van der Waals surface area (Å²) in [6, 6.07) is 11.4. The lowest BCUT2D eigenvalue weighted by Gasteiger charge is -2.08. The van der Waals surface area contributed by atoms with Crippen molar-refractivity contribution in [2.24, 2.45) is 0 Å². The topological polar surface area (TPSA) is 65.4 Å². The van der Waals surface area contributed by atoms with Crippen LogP contribution in [0.1, 0.15) is 10.4 Å². The standard InChI is InChI=1S/C16H12INO4S/c1-22-12-5-7-13(8-6-12)23(20,21)18-9-11(10-19)16-14(17)3-2-4-15(16)18/h2-10H,1H3. The molecule has 0 atom stereocenters. The van der Waals surface area contributed by atoms with Crippen molar-refractivity contribution >= 4 is 49.8 Å². The van der Waals surface area contributed by atoms with E-state index in [9.17, 15) is 13.2 Å². The number of fused-ring (bicyclic) bond motifs is 1. The zero-order valence-corrected chi connectivity index (χ0v) is 15.0. The molecule has 2 aromatic carbocycles. The third-order valence-corrected chi connectivity index (χ3v) is 6.10. The molecule has 0 radical (unpaired) electrons. The summed E-state index contributed by atoms with van der Waals surface area (Å²) in [5.41, 5.74) is 0.830. The predicted octanol–water partition coefficient (Wildman–Crippen LogP) is 3.30. The van der Waals surface area contributed by atoms with Crippen molar-refractivity contribution in [1.29, 1.82) is 0 Å². The summed E-state index contributed by atoms with van der Waals surface area (Å²) in [6.45, 7) is 0. The highest BCUT2D eigenvalue weighted by atomic mass is 127. The monoisotopic (exact) mass is 441 g/mol. The van der Waals surface area contributed by atoms with Crippen molar-refractivity contribution in [3.8, 4) is 5.75 Å². The number of hydrogen-bond donors (Lipinski definition) is 0. The van der Waals surface area contributed by atoms with Crippen LogP contribution in [-0.2, 0) is 10.0 Å². The van der Waals surface area contributed by atoms with Gasteiger partial charge in [0.2, 0.25) is 0 Å². The maximum absolute atomic E-state index is 12.9. The van der Waals surface area contributed by atoms with Crippen LogP contribution in [0.25, 0.3) is 10.9 Å². The van der Waals surface area contributed by atoms with E-state index in [0.717, 1.165) is 7.54 Å². The van der Waals surface area contributed by atoms with E-state index in [1.54, 1.807) is 24.3 Å². The summed E-state index contributed by atoms with van der Waals surface area (Å²) < 4.78 is 32.8. The van der Waals surface area contributed by atoms with Crippen LogP contribution in [0.5, 0.6) is 5.75 Å². The molecule has 0 aliphatic carbocycles. The van der Waals surface area contributed by atoms with Crippen molar-refractivity contribution in [3.63, 3.8) is 0 Å². The molecule has 3 aromatic rings. The first-order valence-corrected chi connectivity index (χ1v) is 9.15. The second-order valence-corrected chi connectivity index (χ2v) is 7.79. The van der Waals surface area contributed by atoms with Crippen molar-refractivity contribution in [3.05, 3.63) is 57.8 Å². The number of aldehydes is 1. The predicted molar refractivity (Wildman–Crippen MR) is 95.6 cm³/mol. The van der Waals surface area contributed by atoms with Crippen LogP contribution in [0.3, 0.4) is 0 Å². The van der Waals surface area contributed by atoms with Crippen LogP contribution in [0.2, 0.25) is 0 Å². The van der Waals surface area contributed by atoms with Crippen molar-refractivity contribution in [1.82, 2.24) is 3.97 Å². The lowest BCUT2D eigenvalue weighted by Crippen LogP contribution is -2.11. The smallest absolute Gasteiger partial charge is 0.268 e. The molecule has 0 fully saturated rings. The summed E-state index contributed by atoms with van der Waals surface area (Å²) in [6.07, 6.45) is 2.03. The molecule has 0 bridgehead atoms. The number of aromatic nitrogens is 1. The SMILES string of the molecule is COc1ccc(S(=O)(=O)n2cc(C=O)c3c(I)cccc32)cc1. The Hall–Kier alpha value is -1.87. The molecule has 5 nitrogen and oxygen atoms in total. The molecule has 0 saturated carbocycles. The van der Waals surface area contributed by atoms with Gasteiger partial charge < -0.3 is 4.74 Å². The highest BCUT2D eigenvalue weighted by Crippen LogP contribution is 2.29. The average Bonchev–Trinajstić information content (AvgIpc) is 2.96. The minimum Gasteiger partial charge on any atom is -0.497 e. The average molecular weight is 441 g/mol. The van der Waals surface area contributed by atoms with E-state index < -0.39 is 10.0 Å². The van der Waals surface area contributed by atoms with E-state index in [0.29, 0.717) is 28.5 Å². The van der Waals surface area contributed by atoms with Gasteiger partial charge in [-0.3, -0.25) is 4.79 Å². The summed E-state index contributed by atoms with van der Waals surface area (Å²) >= 11 is 2.09. The quantitative estimate of drug-likeness (QED) is 0.461. The first-order chi connectivity index (χ1) is 11.0. The maximum atomic E-state index is 12.9. The van der Waals surface area contributed by atoms with E-state index in [-0.39, 0.29) is 4.90 Å². The zero-order valence-electron chi connectivity index (χ0n) is 12.1. The molecule has 0 aliphatic heterocycles. The van der Waals surface area contributed by atoms with Crippen molar-refractivity contribution in [2.45, 2.75) is 4.90 Å². The first-order valence-electron chi connectivity index (χ1n) is 6.63. The Morgan fingerprint density at radius 3 is 2.43 bits per heavy atom. The Kier molecular flexibility index (Phi) is 4.15. The van der Waals surface area contributed by atoms with E-state index in [1.165, 1.54) is 25.4 Å². The van der Waals surface area contributed by atoms with E-state index in [1.807, 2.05) is 6.07 Å². The van der Waals surface area contributed by atoms with Crippen LogP contribution in [0, 0.1) is 3.57 Å². The summed E-state index contributed by atoms with van der Waals surface area (Å²) in [7, 11) is -2.28. The van der Waals surface area contributed by atoms with Crippen molar-refractivity contribution in [2.75, 3.05) is 7.11 Å². The van der Waals surface area contributed by atoms with Gasteiger partial charge in [0.25, 0.3) is 10.0 Å². The number of carbonyl (C=O) groups excluding carboxylic acids is 1. The third kappa shape index (κ3) is 2.63. The van der Waals surface area contributed by atoms with Crippen LogP contribution in [0.15, 0.2) is 53.6 Å². The zero-order chi connectivity index (χ0) is 16.6. The van der Waals surface area contributed by atoms with E-state index in [2.05, 4.69) is 22.6 Å². The molecule has 0 saturated heterocycles. The fourth-order valence-electron chi connectivity index (χ4n) is 2.39. The van der Waals surface area contributed by atoms with Gasteiger partial charge in [0.1, 0.15) is 5.75 Å². The lowest BCUT2D eigenvalue weighted by atomic mass is 10.2. The van der Waals surface area contributed by atoms with Crippen LogP contribution < -0.4 is 4.74 Å². The van der Waals surface area contributed by atoms with E-state index >= 15 is 0 Å². The fraction of sp³-hybridized carbons (Fsp3) is 0.0625. The number of rotatable bonds is 4. The summed E-state index contributed by atoms with van der Waals surface area (Å²) in [4.78, 5) is 11.4. The molecule has 1 aromatic heterocycles. The molecule has 118 valence electrons. The second kappa shape index (κ2) is 5.97. The number of benzene rings is 2. The lowest BCUT2D eigenvalue weighted by molar-refractivity contribution is 0.112. The number of carbonyl (C=O) groups is 1. The molecule has 0 N–H and O–H groups in total. The van der Waals surface area contributed by atoms with Crippen molar-refractivity contribution < 1.29 is 17.9 Å². The highest BCUT2D eigenvalue weighted by Gasteiger charge is 2.22.